The van der Waals surface area contributed by atoms with Crippen LogP contribution in [0.2, 0.25) is 5.02 Å². The summed E-state index contributed by atoms with van der Waals surface area (Å²) in [5, 5.41) is 21.8. The lowest BCUT2D eigenvalue weighted by Crippen LogP contribution is -1.96. The summed E-state index contributed by atoms with van der Waals surface area (Å²) in [5.74, 6) is 0.898. The van der Waals surface area contributed by atoms with Crippen molar-refractivity contribution < 1.29 is 9.84 Å². The molecule has 3 aromatic rings. The first-order chi connectivity index (χ1) is 12.0. The summed E-state index contributed by atoms with van der Waals surface area (Å²) in [7, 11) is 1.48. The van der Waals surface area contributed by atoms with Gasteiger partial charge in [-0.15, -0.1) is 0 Å². The van der Waals surface area contributed by atoms with Gasteiger partial charge in [0.25, 0.3) is 0 Å². The molecule has 0 unspecified atom stereocenters. The van der Waals surface area contributed by atoms with E-state index in [1.54, 1.807) is 30.5 Å². The standard InChI is InChI=1S/C16H12BrClN4O2S/c1-24-13-6-9(5-12(17)14(13)23)8-19-22-15(20-21-16(22)25)10-3-2-4-11(18)7-10/h2-8,23H,1H3,(H,21,25)/b19-8+. The fraction of sp³-hybridized carbons (Fsp3) is 0.0625. The molecule has 128 valence electrons. The van der Waals surface area contributed by atoms with Crippen LogP contribution in [0.1, 0.15) is 5.56 Å². The Kier molecular flexibility index (Phi) is 5.22. The lowest BCUT2D eigenvalue weighted by Gasteiger charge is -2.06. The van der Waals surface area contributed by atoms with Gasteiger partial charge in [-0.2, -0.15) is 14.9 Å². The van der Waals surface area contributed by atoms with Crippen LogP contribution in [0.15, 0.2) is 46.0 Å². The van der Waals surface area contributed by atoms with Crippen molar-refractivity contribution >= 4 is 46.0 Å². The molecule has 0 atom stereocenters. The van der Waals surface area contributed by atoms with Gasteiger partial charge >= 0.3 is 0 Å². The van der Waals surface area contributed by atoms with E-state index in [9.17, 15) is 5.11 Å². The Morgan fingerprint density at radius 3 is 2.92 bits per heavy atom. The van der Waals surface area contributed by atoms with E-state index >= 15 is 0 Å². The molecule has 6 nitrogen and oxygen atoms in total. The number of nitrogens with one attached hydrogen (secondary N) is 1. The summed E-state index contributed by atoms with van der Waals surface area (Å²) in [4.78, 5) is 0. The highest BCUT2D eigenvalue weighted by molar-refractivity contribution is 9.10. The average Bonchev–Trinajstić information content (AvgIpc) is 2.96. The van der Waals surface area contributed by atoms with Gasteiger partial charge in [0, 0.05) is 10.6 Å². The molecule has 0 fully saturated rings. The van der Waals surface area contributed by atoms with Gasteiger partial charge < -0.3 is 9.84 Å². The second-order valence-corrected chi connectivity index (χ2v) is 6.65. The first-order valence-corrected chi connectivity index (χ1v) is 8.61. The largest absolute Gasteiger partial charge is 0.503 e. The zero-order valence-electron chi connectivity index (χ0n) is 12.9. The van der Waals surface area contributed by atoms with E-state index in [0.29, 0.717) is 31.4 Å². The Morgan fingerprint density at radius 1 is 1.40 bits per heavy atom. The number of phenols is 1. The molecule has 0 amide bonds. The maximum atomic E-state index is 9.87. The van der Waals surface area contributed by atoms with Gasteiger partial charge in [0.1, 0.15) is 0 Å². The molecule has 1 aromatic heterocycles. The molecular weight excluding hydrogens is 428 g/mol. The van der Waals surface area contributed by atoms with Crippen molar-refractivity contribution in [3.05, 3.63) is 56.2 Å². The summed E-state index contributed by atoms with van der Waals surface area (Å²) in [5.41, 5.74) is 1.49. The monoisotopic (exact) mass is 438 g/mol. The number of methoxy groups -OCH3 is 1. The van der Waals surface area contributed by atoms with Gasteiger partial charge in [-0.25, -0.2) is 5.10 Å². The molecule has 1 heterocycles. The lowest BCUT2D eigenvalue weighted by atomic mass is 10.2. The Morgan fingerprint density at radius 2 is 2.20 bits per heavy atom. The highest BCUT2D eigenvalue weighted by Gasteiger charge is 2.10. The zero-order chi connectivity index (χ0) is 18.0. The molecule has 2 N–H and O–H groups in total. The van der Waals surface area contributed by atoms with Crippen molar-refractivity contribution in [2.45, 2.75) is 0 Å². The van der Waals surface area contributed by atoms with Crippen LogP contribution in [0.5, 0.6) is 11.5 Å². The van der Waals surface area contributed by atoms with Crippen molar-refractivity contribution in [1.29, 1.82) is 0 Å². The van der Waals surface area contributed by atoms with Crippen LogP contribution in [-0.2, 0) is 0 Å². The summed E-state index contributed by atoms with van der Waals surface area (Å²) in [6, 6.07) is 10.6. The number of benzene rings is 2. The van der Waals surface area contributed by atoms with Crippen LogP contribution in [0.4, 0.5) is 0 Å². The molecule has 0 bridgehead atoms. The van der Waals surface area contributed by atoms with Gasteiger partial charge in [-0.3, -0.25) is 0 Å². The first kappa shape index (κ1) is 17.7. The minimum atomic E-state index is 0.0270. The number of aromatic hydroxyl groups is 1. The SMILES string of the molecule is COc1cc(/C=N/n2c(-c3cccc(Cl)c3)n[nH]c2=S)cc(Br)c1O. The van der Waals surface area contributed by atoms with E-state index < -0.39 is 0 Å². The molecule has 0 spiro atoms. The van der Waals surface area contributed by atoms with Crippen LogP contribution in [-0.4, -0.2) is 33.3 Å². The van der Waals surface area contributed by atoms with E-state index in [4.69, 9.17) is 28.6 Å². The number of aromatic amines is 1. The zero-order valence-corrected chi connectivity index (χ0v) is 16.1. The number of hydrogen-bond acceptors (Lipinski definition) is 5. The summed E-state index contributed by atoms with van der Waals surface area (Å²) >= 11 is 14.6. The van der Waals surface area contributed by atoms with Gasteiger partial charge in [-0.05, 0) is 58.0 Å². The maximum Gasteiger partial charge on any atom is 0.216 e. The number of hydrogen-bond donors (Lipinski definition) is 2. The van der Waals surface area contributed by atoms with Gasteiger partial charge in [-0.1, -0.05) is 23.7 Å². The smallest absolute Gasteiger partial charge is 0.216 e. The van der Waals surface area contributed by atoms with Crippen molar-refractivity contribution in [1.82, 2.24) is 14.9 Å². The van der Waals surface area contributed by atoms with Crippen LogP contribution in [0, 0.1) is 4.77 Å². The Balaban J connectivity index is 2.02. The van der Waals surface area contributed by atoms with E-state index in [1.807, 2.05) is 12.1 Å². The number of halogens is 2. The first-order valence-electron chi connectivity index (χ1n) is 7.04. The van der Waals surface area contributed by atoms with Crippen molar-refractivity contribution in [2.75, 3.05) is 7.11 Å². The Labute approximate surface area is 161 Å². The van der Waals surface area contributed by atoms with Crippen LogP contribution in [0.3, 0.4) is 0 Å². The fourth-order valence-corrected chi connectivity index (χ4v) is 2.99. The van der Waals surface area contributed by atoms with E-state index in [1.165, 1.54) is 11.8 Å². The molecule has 2 aromatic carbocycles. The number of rotatable bonds is 4. The fourth-order valence-electron chi connectivity index (χ4n) is 2.16. The maximum absolute atomic E-state index is 9.87. The molecule has 3 rings (SSSR count). The van der Waals surface area contributed by atoms with E-state index in [-0.39, 0.29) is 5.75 Å². The number of phenolic OH excluding ortho intramolecular Hbond substituents is 1. The third-order valence-corrected chi connectivity index (χ3v) is 4.43. The van der Waals surface area contributed by atoms with Crippen molar-refractivity contribution in [3.8, 4) is 22.9 Å². The molecule has 9 heteroatoms. The van der Waals surface area contributed by atoms with E-state index in [0.717, 1.165) is 5.56 Å². The molecule has 0 aliphatic carbocycles. The molecule has 0 radical (unpaired) electrons. The Hall–Kier alpha value is -2.16. The third-order valence-electron chi connectivity index (χ3n) is 3.33. The normalized spacial score (nSPS) is 11.2. The highest BCUT2D eigenvalue weighted by Crippen LogP contribution is 2.34. The second-order valence-electron chi connectivity index (χ2n) is 4.97. The molecular formula is C16H12BrClN4O2S. The van der Waals surface area contributed by atoms with Gasteiger partial charge in [0.2, 0.25) is 4.77 Å². The summed E-state index contributed by atoms with van der Waals surface area (Å²) < 4.78 is 7.47. The van der Waals surface area contributed by atoms with Gasteiger partial charge in [0.05, 0.1) is 17.8 Å². The lowest BCUT2D eigenvalue weighted by molar-refractivity contribution is 0.372. The third kappa shape index (κ3) is 3.76. The predicted octanol–water partition coefficient (Wildman–Crippen LogP) is 4.62. The molecule has 0 aliphatic heterocycles. The van der Waals surface area contributed by atoms with E-state index in [2.05, 4.69) is 31.2 Å². The molecule has 0 saturated carbocycles. The van der Waals surface area contributed by atoms with Crippen LogP contribution in [0.25, 0.3) is 11.4 Å². The van der Waals surface area contributed by atoms with Crippen molar-refractivity contribution in [2.24, 2.45) is 5.10 Å². The number of aromatic nitrogens is 3. The molecule has 0 aliphatic rings. The average molecular weight is 440 g/mol. The summed E-state index contributed by atoms with van der Waals surface area (Å²) in [6.45, 7) is 0. The Bertz CT molecular complexity index is 1020. The molecule has 25 heavy (non-hydrogen) atoms. The van der Waals surface area contributed by atoms with Crippen LogP contribution < -0.4 is 4.74 Å². The predicted molar refractivity (Wildman–Crippen MR) is 103 cm³/mol. The van der Waals surface area contributed by atoms with Crippen LogP contribution >= 0.6 is 39.7 Å². The van der Waals surface area contributed by atoms with Crippen molar-refractivity contribution in [3.63, 3.8) is 0 Å². The quantitative estimate of drug-likeness (QED) is 0.459. The minimum Gasteiger partial charge on any atom is -0.503 e. The van der Waals surface area contributed by atoms with Gasteiger partial charge in [0.15, 0.2) is 17.3 Å². The number of ether oxygens (including phenoxy) is 1. The number of H-pyrrole nitrogens is 1. The number of nitrogens with zero attached hydrogens (tertiary/aromatic N) is 3. The summed E-state index contributed by atoms with van der Waals surface area (Å²) in [6.07, 6.45) is 1.59. The second kappa shape index (κ2) is 7.38. The topological polar surface area (TPSA) is 75.4 Å². The molecule has 0 saturated heterocycles. The minimum absolute atomic E-state index is 0.0270. The highest BCUT2D eigenvalue weighted by atomic mass is 79.9.